The third-order valence-electron chi connectivity index (χ3n) is 4.51. The lowest BCUT2D eigenvalue weighted by molar-refractivity contribution is 0.125. The van der Waals surface area contributed by atoms with Gasteiger partial charge in [-0.1, -0.05) is 25.7 Å². The maximum Gasteiger partial charge on any atom is 0.317 e. The van der Waals surface area contributed by atoms with E-state index < -0.39 is 0 Å². The van der Waals surface area contributed by atoms with Gasteiger partial charge in [-0.25, -0.2) is 4.79 Å². The van der Waals surface area contributed by atoms with Crippen molar-refractivity contribution in [2.24, 2.45) is 5.41 Å². The fourth-order valence-electron chi connectivity index (χ4n) is 3.16. The zero-order chi connectivity index (χ0) is 12.8. The molecule has 0 atom stereocenters. The van der Waals surface area contributed by atoms with Gasteiger partial charge in [0.15, 0.2) is 0 Å². The minimum atomic E-state index is -0.0402. The highest BCUT2D eigenvalue weighted by atomic mass is 16.3. The minimum Gasteiger partial charge on any atom is -0.396 e. The Morgan fingerprint density at radius 1 is 1.06 bits per heavy atom. The molecule has 0 aromatic carbocycles. The summed E-state index contributed by atoms with van der Waals surface area (Å²) in [6.45, 7) is 2.61. The molecule has 1 aliphatic heterocycles. The maximum atomic E-state index is 12.1. The largest absolute Gasteiger partial charge is 0.396 e. The maximum absolute atomic E-state index is 12.1. The molecule has 2 N–H and O–H groups in total. The molecule has 4 nitrogen and oxygen atoms in total. The highest BCUT2D eigenvalue weighted by molar-refractivity contribution is 5.74. The van der Waals surface area contributed by atoms with E-state index in [0.717, 1.165) is 38.8 Å². The first-order chi connectivity index (χ1) is 8.76. The zero-order valence-corrected chi connectivity index (χ0v) is 11.3. The summed E-state index contributed by atoms with van der Waals surface area (Å²) < 4.78 is 0. The molecule has 1 aliphatic carbocycles. The first-order valence-electron chi connectivity index (χ1n) is 7.39. The number of amides is 2. The second-order valence-corrected chi connectivity index (χ2v) is 5.93. The second-order valence-electron chi connectivity index (χ2n) is 5.93. The summed E-state index contributed by atoms with van der Waals surface area (Å²) in [6.07, 6.45) is 9.18. The van der Waals surface area contributed by atoms with E-state index >= 15 is 0 Å². The Balaban J connectivity index is 1.79. The highest BCUT2D eigenvalue weighted by Crippen LogP contribution is 2.36. The molecule has 0 aromatic rings. The first kappa shape index (κ1) is 13.7. The molecule has 1 heterocycles. The van der Waals surface area contributed by atoms with E-state index in [1.54, 1.807) is 0 Å². The molecule has 2 fully saturated rings. The van der Waals surface area contributed by atoms with Crippen molar-refractivity contribution in [2.45, 2.75) is 51.4 Å². The predicted molar refractivity (Wildman–Crippen MR) is 71.4 cm³/mol. The molecule has 104 valence electrons. The number of rotatable bonds is 3. The Bertz CT molecular complexity index is 267. The van der Waals surface area contributed by atoms with Crippen LogP contribution in [-0.4, -0.2) is 42.3 Å². The molecule has 2 aliphatic rings. The molecule has 0 unspecified atom stereocenters. The van der Waals surface area contributed by atoms with Crippen molar-refractivity contribution in [3.8, 4) is 0 Å². The van der Waals surface area contributed by atoms with E-state index in [-0.39, 0.29) is 18.1 Å². The smallest absolute Gasteiger partial charge is 0.317 e. The molecule has 0 bridgehead atoms. The van der Waals surface area contributed by atoms with Gasteiger partial charge >= 0.3 is 6.03 Å². The normalized spacial score (nSPS) is 23.7. The Kier molecular flexibility index (Phi) is 4.87. The number of likely N-dealkylation sites (tertiary alicyclic amines) is 1. The van der Waals surface area contributed by atoms with Crippen molar-refractivity contribution < 1.29 is 9.90 Å². The van der Waals surface area contributed by atoms with Crippen LogP contribution in [0.2, 0.25) is 0 Å². The fourth-order valence-corrected chi connectivity index (χ4v) is 3.16. The Morgan fingerprint density at radius 3 is 2.22 bits per heavy atom. The number of hydrogen-bond donors (Lipinski definition) is 2. The van der Waals surface area contributed by atoms with Crippen LogP contribution in [0.5, 0.6) is 0 Å². The average molecular weight is 254 g/mol. The standard InChI is InChI=1S/C14H26N2O2/c17-12-14(7-3-4-8-14)11-15-13(18)16-9-5-1-2-6-10-16/h17H,1-12H2,(H,15,18). The van der Waals surface area contributed by atoms with Gasteiger partial charge in [0.05, 0.1) is 6.61 Å². The quantitative estimate of drug-likeness (QED) is 0.810. The predicted octanol–water partition coefficient (Wildman–Crippen LogP) is 2.12. The van der Waals surface area contributed by atoms with Gasteiger partial charge in [0.2, 0.25) is 0 Å². The van der Waals surface area contributed by atoms with Crippen LogP contribution >= 0.6 is 0 Å². The van der Waals surface area contributed by atoms with E-state index in [9.17, 15) is 9.90 Å². The lowest BCUT2D eigenvalue weighted by atomic mass is 9.87. The summed E-state index contributed by atoms with van der Waals surface area (Å²) in [5.41, 5.74) is -0.0402. The SMILES string of the molecule is O=C(NCC1(CO)CCCC1)N1CCCCCC1. The number of aliphatic hydroxyl groups is 1. The van der Waals surface area contributed by atoms with Crippen molar-refractivity contribution in [1.82, 2.24) is 10.2 Å². The number of aliphatic hydroxyl groups excluding tert-OH is 1. The monoisotopic (exact) mass is 254 g/mol. The van der Waals surface area contributed by atoms with Crippen molar-refractivity contribution in [2.75, 3.05) is 26.2 Å². The van der Waals surface area contributed by atoms with Crippen molar-refractivity contribution in [3.05, 3.63) is 0 Å². The third kappa shape index (κ3) is 3.37. The molecule has 0 radical (unpaired) electrons. The van der Waals surface area contributed by atoms with Gasteiger partial charge < -0.3 is 15.3 Å². The molecule has 1 saturated carbocycles. The molecule has 18 heavy (non-hydrogen) atoms. The van der Waals surface area contributed by atoms with Crippen LogP contribution in [0.3, 0.4) is 0 Å². The zero-order valence-electron chi connectivity index (χ0n) is 11.3. The fraction of sp³-hybridized carbons (Fsp3) is 0.929. The van der Waals surface area contributed by atoms with Crippen LogP contribution in [-0.2, 0) is 0 Å². The molecule has 2 amide bonds. The highest BCUT2D eigenvalue weighted by Gasteiger charge is 2.33. The van der Waals surface area contributed by atoms with E-state index in [2.05, 4.69) is 5.32 Å². The van der Waals surface area contributed by atoms with Gasteiger partial charge in [0.1, 0.15) is 0 Å². The number of hydrogen-bond acceptors (Lipinski definition) is 2. The lowest BCUT2D eigenvalue weighted by Crippen LogP contribution is -2.45. The number of urea groups is 1. The second kappa shape index (κ2) is 6.41. The summed E-state index contributed by atoms with van der Waals surface area (Å²) in [6, 6.07) is 0.0663. The molecular formula is C14H26N2O2. The van der Waals surface area contributed by atoms with Gasteiger partial charge in [0, 0.05) is 25.0 Å². The molecule has 2 rings (SSSR count). The van der Waals surface area contributed by atoms with Crippen molar-refractivity contribution in [1.29, 1.82) is 0 Å². The molecule has 0 aromatic heterocycles. The molecule has 1 saturated heterocycles. The summed E-state index contributed by atoms with van der Waals surface area (Å²) >= 11 is 0. The Hall–Kier alpha value is -0.770. The summed E-state index contributed by atoms with van der Waals surface area (Å²) in [7, 11) is 0. The Labute approximate surface area is 110 Å². The van der Waals surface area contributed by atoms with Gasteiger partial charge in [-0.2, -0.15) is 0 Å². The van der Waals surface area contributed by atoms with Crippen LogP contribution in [0, 0.1) is 5.41 Å². The van der Waals surface area contributed by atoms with Crippen molar-refractivity contribution in [3.63, 3.8) is 0 Å². The van der Waals surface area contributed by atoms with E-state index in [0.29, 0.717) is 6.54 Å². The van der Waals surface area contributed by atoms with E-state index in [4.69, 9.17) is 0 Å². The van der Waals surface area contributed by atoms with Crippen LogP contribution in [0.1, 0.15) is 51.4 Å². The number of nitrogens with zero attached hydrogens (tertiary/aromatic N) is 1. The number of carbonyl (C=O) groups is 1. The minimum absolute atomic E-state index is 0.0402. The van der Waals surface area contributed by atoms with Crippen LogP contribution in [0.4, 0.5) is 4.79 Å². The summed E-state index contributed by atoms with van der Waals surface area (Å²) in [5.74, 6) is 0. The third-order valence-corrected chi connectivity index (χ3v) is 4.51. The van der Waals surface area contributed by atoms with Crippen molar-refractivity contribution >= 4 is 6.03 Å². The molecular weight excluding hydrogens is 228 g/mol. The van der Waals surface area contributed by atoms with Crippen LogP contribution < -0.4 is 5.32 Å². The number of nitrogens with one attached hydrogen (secondary N) is 1. The van der Waals surface area contributed by atoms with Gasteiger partial charge in [-0.05, 0) is 25.7 Å². The van der Waals surface area contributed by atoms with Gasteiger partial charge in [-0.3, -0.25) is 0 Å². The molecule has 0 spiro atoms. The Morgan fingerprint density at radius 2 is 1.67 bits per heavy atom. The molecule has 4 heteroatoms. The topological polar surface area (TPSA) is 52.6 Å². The summed E-state index contributed by atoms with van der Waals surface area (Å²) in [5, 5.41) is 12.6. The van der Waals surface area contributed by atoms with Gasteiger partial charge in [0.25, 0.3) is 0 Å². The number of carbonyl (C=O) groups excluding carboxylic acids is 1. The van der Waals surface area contributed by atoms with Crippen LogP contribution in [0.15, 0.2) is 0 Å². The summed E-state index contributed by atoms with van der Waals surface area (Å²) in [4.78, 5) is 14.0. The lowest BCUT2D eigenvalue weighted by Gasteiger charge is -2.29. The first-order valence-corrected chi connectivity index (χ1v) is 7.39. The van der Waals surface area contributed by atoms with E-state index in [1.165, 1.54) is 25.7 Å². The van der Waals surface area contributed by atoms with Crippen LogP contribution in [0.25, 0.3) is 0 Å². The average Bonchev–Trinajstić information content (AvgIpc) is 2.70. The van der Waals surface area contributed by atoms with E-state index in [1.807, 2.05) is 4.90 Å². The van der Waals surface area contributed by atoms with Gasteiger partial charge in [-0.15, -0.1) is 0 Å².